The number of hydrogen-bond acceptors (Lipinski definition) is 3. The lowest BCUT2D eigenvalue weighted by atomic mass is 9.85. The molecular formula is C38H21N5OS+2. The van der Waals surface area contributed by atoms with Crippen molar-refractivity contribution in [1.82, 2.24) is 14.3 Å². The molecule has 12 rings (SSSR count). The average Bonchev–Trinajstić information content (AvgIpc) is 3.83. The van der Waals surface area contributed by atoms with Crippen molar-refractivity contribution in [1.29, 1.82) is 0 Å². The molecule has 5 aromatic carbocycles. The highest BCUT2D eigenvalue weighted by Crippen LogP contribution is 2.54. The highest BCUT2D eigenvalue weighted by atomic mass is 32.1. The third-order valence-electron chi connectivity index (χ3n) is 9.99. The molecule has 1 spiro atoms. The van der Waals surface area contributed by atoms with Crippen LogP contribution < -0.4 is 14.1 Å². The Morgan fingerprint density at radius 3 is 2.33 bits per heavy atom. The molecular weight excluding hydrogens is 575 g/mol. The normalized spacial score (nSPS) is 16.7. The van der Waals surface area contributed by atoms with Gasteiger partial charge in [-0.15, -0.1) is 11.3 Å². The first kappa shape index (κ1) is 22.7. The van der Waals surface area contributed by atoms with E-state index < -0.39 is 5.66 Å². The number of benzene rings is 5. The van der Waals surface area contributed by atoms with Gasteiger partial charge in [0, 0.05) is 36.2 Å². The molecule has 9 aromatic rings. The van der Waals surface area contributed by atoms with Crippen LogP contribution in [0.5, 0.6) is 11.5 Å². The molecule has 1 unspecified atom stereocenters. The lowest BCUT2D eigenvalue weighted by molar-refractivity contribution is -1.01. The van der Waals surface area contributed by atoms with Gasteiger partial charge >= 0.3 is 11.3 Å². The summed E-state index contributed by atoms with van der Waals surface area (Å²) in [6.07, 6.45) is 4.40. The first-order valence-corrected chi connectivity index (χ1v) is 16.0. The number of rotatable bonds is 1. The van der Waals surface area contributed by atoms with Gasteiger partial charge < -0.3 is 4.74 Å². The van der Waals surface area contributed by atoms with Gasteiger partial charge in [0.2, 0.25) is 0 Å². The van der Waals surface area contributed by atoms with Crippen molar-refractivity contribution >= 4 is 53.4 Å². The van der Waals surface area contributed by atoms with E-state index in [2.05, 4.69) is 146 Å². The minimum Gasteiger partial charge on any atom is -0.456 e. The van der Waals surface area contributed by atoms with Gasteiger partial charge in [-0.2, -0.15) is 9.13 Å². The second-order valence-electron chi connectivity index (χ2n) is 12.1. The monoisotopic (exact) mass is 595 g/mol. The van der Waals surface area contributed by atoms with Crippen molar-refractivity contribution < 1.29 is 14.1 Å². The number of ether oxygens (including phenoxy) is 1. The van der Waals surface area contributed by atoms with Crippen LogP contribution in [0.25, 0.3) is 64.7 Å². The molecule has 0 saturated carbocycles. The summed E-state index contributed by atoms with van der Waals surface area (Å²) < 4.78 is 16.3. The highest BCUT2D eigenvalue weighted by molar-refractivity contribution is 7.25. The number of hydrogen-bond donors (Lipinski definition) is 0. The van der Waals surface area contributed by atoms with Gasteiger partial charge in [0.25, 0.3) is 0 Å². The molecule has 0 fully saturated rings. The van der Waals surface area contributed by atoms with E-state index in [9.17, 15) is 0 Å². The SMILES string of the molecule is c1cc2c3c(c1)-n1c4ccccc4c4ccc[n+](c41)C31c3c(cccc3-n3cc(-c4ccc5c(c4)sc4ccccc45)n[n+]31)O2. The van der Waals surface area contributed by atoms with Crippen molar-refractivity contribution in [2.24, 2.45) is 0 Å². The van der Waals surface area contributed by atoms with Crippen LogP contribution in [0.3, 0.4) is 0 Å². The molecule has 4 aromatic heterocycles. The predicted octanol–water partition coefficient (Wildman–Crippen LogP) is 7.61. The van der Waals surface area contributed by atoms with Gasteiger partial charge in [0.1, 0.15) is 28.9 Å². The molecule has 7 heterocycles. The molecule has 0 N–H and O–H groups in total. The zero-order valence-corrected chi connectivity index (χ0v) is 24.5. The van der Waals surface area contributed by atoms with Crippen LogP contribution in [0.2, 0.25) is 0 Å². The van der Waals surface area contributed by atoms with Gasteiger partial charge in [-0.25, -0.2) is 0 Å². The number of aromatic nitrogens is 5. The summed E-state index contributed by atoms with van der Waals surface area (Å²) in [6, 6.07) is 41.3. The van der Waals surface area contributed by atoms with Crippen molar-refractivity contribution in [2.75, 3.05) is 0 Å². The maximum Gasteiger partial charge on any atom is 0.423 e. The van der Waals surface area contributed by atoms with E-state index in [0.717, 1.165) is 50.9 Å². The van der Waals surface area contributed by atoms with E-state index >= 15 is 0 Å². The standard InChI is InChI=1S/C38H21N5OS/c1-3-11-28-23(8-1)26-10-7-19-40-37(26)42(28)30-13-6-15-32-36(30)38(40)35-29(12-5-14-31(35)44-32)41-21-27(39-43(38)41)22-17-18-25-24-9-2-4-16-33(24)45-34(25)20-22/h1-21H/q+2. The zero-order valence-electron chi connectivity index (χ0n) is 23.7. The summed E-state index contributed by atoms with van der Waals surface area (Å²) in [5, 5.41) is 10.5. The summed E-state index contributed by atoms with van der Waals surface area (Å²) in [4.78, 5) is 2.19. The van der Waals surface area contributed by atoms with Crippen molar-refractivity contribution in [3.63, 3.8) is 0 Å². The number of pyridine rings is 1. The molecule has 208 valence electrons. The van der Waals surface area contributed by atoms with Crippen LogP contribution in [-0.2, 0) is 5.66 Å². The van der Waals surface area contributed by atoms with Gasteiger partial charge in [-0.05, 0) is 60.7 Å². The number of thiophene rings is 1. The highest BCUT2D eigenvalue weighted by Gasteiger charge is 2.70. The largest absolute Gasteiger partial charge is 0.456 e. The van der Waals surface area contributed by atoms with E-state index in [-0.39, 0.29) is 0 Å². The Kier molecular flexibility index (Phi) is 3.76. The summed E-state index contributed by atoms with van der Waals surface area (Å²) in [7, 11) is 0. The number of para-hydroxylation sites is 1. The Balaban J connectivity index is 1.22. The Morgan fingerprint density at radius 1 is 0.667 bits per heavy atom. The van der Waals surface area contributed by atoms with Crippen LogP contribution in [0.15, 0.2) is 128 Å². The van der Waals surface area contributed by atoms with Crippen molar-refractivity contribution in [3.8, 4) is 34.1 Å². The molecule has 3 aliphatic rings. The topological polar surface area (TPSA) is 39.7 Å². The quantitative estimate of drug-likeness (QED) is 0.183. The molecule has 1 atom stereocenters. The van der Waals surface area contributed by atoms with E-state index in [4.69, 9.17) is 9.84 Å². The van der Waals surface area contributed by atoms with Gasteiger partial charge in [0.15, 0.2) is 22.5 Å². The third kappa shape index (κ3) is 2.44. The third-order valence-corrected chi connectivity index (χ3v) is 11.1. The van der Waals surface area contributed by atoms with Crippen molar-refractivity contribution in [2.45, 2.75) is 5.66 Å². The lowest BCUT2D eigenvalue weighted by Crippen LogP contribution is -2.77. The molecule has 6 nitrogen and oxygen atoms in total. The van der Waals surface area contributed by atoms with Gasteiger partial charge in [0.05, 0.1) is 16.4 Å². The van der Waals surface area contributed by atoms with E-state index in [1.807, 2.05) is 11.3 Å². The minimum absolute atomic E-state index is 0.778. The van der Waals surface area contributed by atoms with E-state index in [0.29, 0.717) is 0 Å². The summed E-state index contributed by atoms with van der Waals surface area (Å²) in [6.45, 7) is 0. The maximum absolute atomic E-state index is 6.72. The Labute approximate surface area is 259 Å². The molecule has 45 heavy (non-hydrogen) atoms. The molecule has 0 radical (unpaired) electrons. The fraction of sp³-hybridized carbons (Fsp3) is 0.0263. The van der Waals surface area contributed by atoms with E-state index in [1.165, 1.54) is 36.5 Å². The molecule has 0 saturated heterocycles. The second kappa shape index (κ2) is 7.46. The summed E-state index contributed by atoms with van der Waals surface area (Å²) >= 11 is 1.84. The maximum atomic E-state index is 6.72. The molecule has 0 amide bonds. The minimum atomic E-state index is -0.778. The van der Waals surface area contributed by atoms with Crippen LogP contribution >= 0.6 is 11.3 Å². The summed E-state index contributed by atoms with van der Waals surface area (Å²) in [5.74, 6) is 1.71. The fourth-order valence-electron chi connectivity index (χ4n) is 8.29. The Hall–Kier alpha value is -5.79. The van der Waals surface area contributed by atoms with Crippen LogP contribution in [0.1, 0.15) is 11.1 Å². The van der Waals surface area contributed by atoms with Gasteiger partial charge in [-0.1, -0.05) is 59.3 Å². The number of fused-ring (bicyclic) bond motifs is 9. The van der Waals surface area contributed by atoms with E-state index in [1.54, 1.807) is 0 Å². The Bertz CT molecular complexity index is 2820. The first-order valence-electron chi connectivity index (χ1n) is 15.1. The second-order valence-corrected chi connectivity index (χ2v) is 13.2. The Morgan fingerprint density at radius 2 is 1.42 bits per heavy atom. The average molecular weight is 596 g/mol. The lowest BCUT2D eigenvalue weighted by Gasteiger charge is -2.31. The zero-order chi connectivity index (χ0) is 29.0. The van der Waals surface area contributed by atoms with Crippen LogP contribution in [0, 0.1) is 0 Å². The van der Waals surface area contributed by atoms with Crippen LogP contribution in [-0.4, -0.2) is 14.3 Å². The molecule has 3 aliphatic heterocycles. The molecule has 0 bridgehead atoms. The fourth-order valence-corrected chi connectivity index (χ4v) is 9.43. The smallest absolute Gasteiger partial charge is 0.423 e. The van der Waals surface area contributed by atoms with Crippen LogP contribution in [0.4, 0.5) is 0 Å². The van der Waals surface area contributed by atoms with Crippen molar-refractivity contribution in [3.05, 3.63) is 139 Å². The predicted molar refractivity (Wildman–Crippen MR) is 175 cm³/mol. The first-order chi connectivity index (χ1) is 22.3. The molecule has 7 heteroatoms. The van der Waals surface area contributed by atoms with Gasteiger partial charge in [-0.3, -0.25) is 0 Å². The number of nitrogens with zero attached hydrogens (tertiary/aromatic N) is 5. The summed E-state index contributed by atoms with van der Waals surface area (Å²) in [5.41, 5.74) is 7.97. The molecule has 0 aliphatic carbocycles.